The fraction of sp³-hybridized carbons (Fsp3) is 0.393. The van der Waals surface area contributed by atoms with Gasteiger partial charge in [0.05, 0.1) is 43.4 Å². The van der Waals surface area contributed by atoms with Crippen LogP contribution < -0.4 is 9.47 Å². The van der Waals surface area contributed by atoms with Gasteiger partial charge in [-0.1, -0.05) is 43.2 Å². The molecule has 1 N–H and O–H groups in total. The van der Waals surface area contributed by atoms with Crippen molar-refractivity contribution in [3.05, 3.63) is 65.9 Å². The van der Waals surface area contributed by atoms with E-state index in [2.05, 4.69) is 17.7 Å². The molecule has 0 radical (unpaired) electrons. The normalized spacial score (nSPS) is 11.9. The molecular weight excluding hydrogens is 458 g/mol. The predicted molar refractivity (Wildman–Crippen MR) is 139 cm³/mol. The van der Waals surface area contributed by atoms with Crippen LogP contribution in [0.5, 0.6) is 17.4 Å². The fourth-order valence-corrected chi connectivity index (χ4v) is 3.86. The number of para-hydroxylation sites is 3. The number of aryl methyl sites for hydroxylation is 1. The maximum atomic E-state index is 10.6. The molecule has 1 heterocycles. The van der Waals surface area contributed by atoms with Gasteiger partial charge in [-0.25, -0.2) is 4.68 Å². The number of methoxy groups -OCH3 is 2. The lowest BCUT2D eigenvalue weighted by Gasteiger charge is -2.25. The van der Waals surface area contributed by atoms with Crippen LogP contribution in [-0.2, 0) is 22.4 Å². The zero-order chi connectivity index (χ0) is 25.8. The second-order valence-corrected chi connectivity index (χ2v) is 8.19. The van der Waals surface area contributed by atoms with Gasteiger partial charge in [0.1, 0.15) is 6.61 Å². The van der Waals surface area contributed by atoms with E-state index in [0.717, 1.165) is 16.9 Å². The van der Waals surface area contributed by atoms with E-state index in [1.165, 1.54) is 0 Å². The predicted octanol–water partition coefficient (Wildman–Crippen LogP) is 3.69. The van der Waals surface area contributed by atoms with Gasteiger partial charge in [0.25, 0.3) is 0 Å². The quantitative estimate of drug-likeness (QED) is 0.256. The Morgan fingerprint density at radius 2 is 1.81 bits per heavy atom. The largest absolute Gasteiger partial charge is 0.493 e. The second kappa shape index (κ2) is 14.3. The molecule has 0 unspecified atom stereocenters. The molecule has 0 aliphatic heterocycles. The summed E-state index contributed by atoms with van der Waals surface area (Å²) in [5.74, 6) is 4.23. The Hall–Kier alpha value is -3.35. The van der Waals surface area contributed by atoms with E-state index in [-0.39, 0.29) is 13.2 Å². The average Bonchev–Trinajstić information content (AvgIpc) is 3.25. The third kappa shape index (κ3) is 7.33. The third-order valence-corrected chi connectivity index (χ3v) is 5.59. The van der Waals surface area contributed by atoms with Crippen molar-refractivity contribution in [2.24, 2.45) is 0 Å². The number of nitrogens with zero attached hydrogens (tertiary/aromatic N) is 3. The first-order valence-electron chi connectivity index (χ1n) is 12.0. The van der Waals surface area contributed by atoms with Crippen molar-refractivity contribution in [2.45, 2.75) is 26.0 Å². The fourth-order valence-electron chi connectivity index (χ4n) is 3.86. The molecule has 8 nitrogen and oxygen atoms in total. The van der Waals surface area contributed by atoms with E-state index in [9.17, 15) is 5.11 Å². The summed E-state index contributed by atoms with van der Waals surface area (Å²) >= 11 is 0. The monoisotopic (exact) mass is 493 g/mol. The van der Waals surface area contributed by atoms with E-state index in [4.69, 9.17) is 30.5 Å². The van der Waals surface area contributed by atoms with E-state index in [1.807, 2.05) is 59.3 Å². The highest BCUT2D eigenvalue weighted by molar-refractivity contribution is 5.47. The number of aromatic nitrogens is 2. The summed E-state index contributed by atoms with van der Waals surface area (Å²) in [5.41, 5.74) is 2.72. The molecule has 0 fully saturated rings. The Balaban J connectivity index is 2.00. The van der Waals surface area contributed by atoms with Crippen molar-refractivity contribution >= 4 is 0 Å². The lowest BCUT2D eigenvalue weighted by Crippen LogP contribution is -2.36. The van der Waals surface area contributed by atoms with Gasteiger partial charge in [0.15, 0.2) is 11.5 Å². The second-order valence-electron chi connectivity index (χ2n) is 8.19. The molecule has 1 atom stereocenters. The molecule has 3 rings (SSSR count). The van der Waals surface area contributed by atoms with Crippen molar-refractivity contribution < 1.29 is 24.1 Å². The van der Waals surface area contributed by atoms with Crippen molar-refractivity contribution in [3.63, 3.8) is 0 Å². The molecule has 36 heavy (non-hydrogen) atoms. The topological polar surface area (TPSA) is 78.2 Å². The van der Waals surface area contributed by atoms with Crippen LogP contribution in [0.2, 0.25) is 0 Å². The third-order valence-electron chi connectivity index (χ3n) is 5.59. The lowest BCUT2D eigenvalue weighted by molar-refractivity contribution is 0.0205. The molecule has 3 aromatic rings. The molecule has 8 heteroatoms. The first-order chi connectivity index (χ1) is 17.6. The number of aliphatic hydroxyl groups is 1. The summed E-state index contributed by atoms with van der Waals surface area (Å²) in [6.07, 6.45) is 5.26. The summed E-state index contributed by atoms with van der Waals surface area (Å²) in [6, 6.07) is 17.4. The molecule has 0 spiro atoms. The first kappa shape index (κ1) is 27.2. The van der Waals surface area contributed by atoms with E-state index >= 15 is 0 Å². The van der Waals surface area contributed by atoms with Gasteiger partial charge in [-0.15, -0.1) is 6.42 Å². The Labute approximate surface area is 213 Å². The molecule has 0 bridgehead atoms. The number of terminal acetylenes is 1. The van der Waals surface area contributed by atoms with Crippen LogP contribution in [-0.4, -0.2) is 73.0 Å². The maximum Gasteiger partial charge on any atom is 0.227 e. The standard InChI is InChI=1S/C28H35N3O5/c1-5-17-35-21-23(32)19-30(16-18-33-3)20-24-25(6-2)29-31(22-12-8-7-9-13-22)28(24)36-27-15-11-10-14-26(27)34-4/h1,7-15,23,32H,6,16-21H2,2-4H3/t23-/m1/s1. The number of rotatable bonds is 15. The Kier molecular flexibility index (Phi) is 10.8. The molecular formula is C28H35N3O5. The van der Waals surface area contributed by atoms with Gasteiger partial charge in [-0.2, -0.15) is 5.10 Å². The SMILES string of the molecule is C#CCOC[C@H](O)CN(CCOC)Cc1c(CC)nn(-c2ccccc2)c1Oc1ccccc1OC. The lowest BCUT2D eigenvalue weighted by atomic mass is 10.1. The zero-order valence-corrected chi connectivity index (χ0v) is 21.2. The van der Waals surface area contributed by atoms with Gasteiger partial charge >= 0.3 is 0 Å². The highest BCUT2D eigenvalue weighted by Crippen LogP contribution is 2.36. The summed E-state index contributed by atoms with van der Waals surface area (Å²) in [7, 11) is 3.27. The van der Waals surface area contributed by atoms with Gasteiger partial charge in [0, 0.05) is 26.7 Å². The number of aliphatic hydroxyl groups excluding tert-OH is 1. The van der Waals surface area contributed by atoms with Crippen LogP contribution in [0.3, 0.4) is 0 Å². The van der Waals surface area contributed by atoms with Crippen LogP contribution in [0, 0.1) is 12.3 Å². The van der Waals surface area contributed by atoms with Crippen LogP contribution in [0.1, 0.15) is 18.2 Å². The van der Waals surface area contributed by atoms with Crippen LogP contribution in [0.15, 0.2) is 54.6 Å². The van der Waals surface area contributed by atoms with Crippen molar-refractivity contribution in [2.75, 3.05) is 47.1 Å². The molecule has 2 aromatic carbocycles. The van der Waals surface area contributed by atoms with Gasteiger partial charge in [-0.3, -0.25) is 4.90 Å². The molecule has 1 aromatic heterocycles. The van der Waals surface area contributed by atoms with Gasteiger partial charge < -0.3 is 24.1 Å². The zero-order valence-electron chi connectivity index (χ0n) is 21.2. The number of ether oxygens (including phenoxy) is 4. The molecule has 0 saturated carbocycles. The summed E-state index contributed by atoms with van der Waals surface area (Å²) in [6.45, 7) is 4.37. The van der Waals surface area contributed by atoms with E-state index in [0.29, 0.717) is 50.0 Å². The molecule has 0 saturated heterocycles. The van der Waals surface area contributed by atoms with Crippen LogP contribution in [0.4, 0.5) is 0 Å². The molecule has 0 aliphatic rings. The van der Waals surface area contributed by atoms with Gasteiger partial charge in [-0.05, 0) is 30.7 Å². The minimum Gasteiger partial charge on any atom is -0.493 e. The van der Waals surface area contributed by atoms with E-state index < -0.39 is 6.10 Å². The van der Waals surface area contributed by atoms with Crippen molar-refractivity contribution in [1.29, 1.82) is 0 Å². The van der Waals surface area contributed by atoms with Crippen LogP contribution >= 0.6 is 0 Å². The summed E-state index contributed by atoms with van der Waals surface area (Å²) in [4.78, 5) is 2.11. The van der Waals surface area contributed by atoms with Gasteiger partial charge in [0.2, 0.25) is 5.88 Å². The van der Waals surface area contributed by atoms with E-state index in [1.54, 1.807) is 14.2 Å². The number of hydrogen-bond donors (Lipinski definition) is 1. The first-order valence-corrected chi connectivity index (χ1v) is 12.0. The number of hydrogen-bond acceptors (Lipinski definition) is 7. The summed E-state index contributed by atoms with van der Waals surface area (Å²) < 4.78 is 24.5. The van der Waals surface area contributed by atoms with Crippen molar-refractivity contribution in [3.8, 4) is 35.4 Å². The Morgan fingerprint density at radius 3 is 2.47 bits per heavy atom. The minimum atomic E-state index is -0.706. The highest BCUT2D eigenvalue weighted by Gasteiger charge is 2.24. The maximum absolute atomic E-state index is 10.6. The van der Waals surface area contributed by atoms with Crippen LogP contribution in [0.25, 0.3) is 5.69 Å². The smallest absolute Gasteiger partial charge is 0.227 e. The minimum absolute atomic E-state index is 0.155. The highest BCUT2D eigenvalue weighted by atomic mass is 16.5. The molecule has 0 aliphatic carbocycles. The number of benzene rings is 2. The Morgan fingerprint density at radius 1 is 1.08 bits per heavy atom. The van der Waals surface area contributed by atoms with Crippen molar-refractivity contribution in [1.82, 2.24) is 14.7 Å². The average molecular weight is 494 g/mol. The molecule has 0 amide bonds. The summed E-state index contributed by atoms with van der Waals surface area (Å²) in [5, 5.41) is 15.5. The Bertz CT molecular complexity index is 1110. The molecule has 192 valence electrons.